The highest BCUT2D eigenvalue weighted by Crippen LogP contribution is 2.21. The van der Waals surface area contributed by atoms with Crippen molar-refractivity contribution < 1.29 is 0 Å². The van der Waals surface area contributed by atoms with Crippen molar-refractivity contribution >= 4 is 34.0 Å². The maximum absolute atomic E-state index is 5.81. The van der Waals surface area contributed by atoms with Crippen molar-refractivity contribution in [3.05, 3.63) is 46.4 Å². The van der Waals surface area contributed by atoms with Crippen molar-refractivity contribution in [2.45, 2.75) is 0 Å². The fraction of sp³-hybridized carbons (Fsp3) is 0. The fourth-order valence-corrected chi connectivity index (χ4v) is 1.46. The van der Waals surface area contributed by atoms with E-state index >= 15 is 0 Å². The van der Waals surface area contributed by atoms with Crippen LogP contribution in [0.25, 0.3) is 10.8 Å². The highest BCUT2D eigenvalue weighted by molar-refractivity contribution is 6.32. The number of benzene rings is 2. The van der Waals surface area contributed by atoms with E-state index in [1.165, 1.54) is 0 Å². The number of hydrogen-bond acceptors (Lipinski definition) is 0. The van der Waals surface area contributed by atoms with Crippen LogP contribution in [0, 0.1) is 6.07 Å². The summed E-state index contributed by atoms with van der Waals surface area (Å²) in [6.07, 6.45) is 0. The van der Waals surface area contributed by atoms with Gasteiger partial charge in [-0.3, -0.25) is 0 Å². The van der Waals surface area contributed by atoms with E-state index in [0.717, 1.165) is 15.8 Å². The fourth-order valence-electron chi connectivity index (χ4n) is 1.12. The van der Waals surface area contributed by atoms with Crippen LogP contribution in [0.4, 0.5) is 0 Å². The van der Waals surface area contributed by atoms with Crippen LogP contribution in [0.3, 0.4) is 0 Å². The maximum atomic E-state index is 5.81. The zero-order chi connectivity index (χ0) is 8.55. The second-order valence-corrected chi connectivity index (χ2v) is 3.38. The molecule has 0 aliphatic carbocycles. The lowest BCUT2D eigenvalue weighted by Crippen LogP contribution is -1.72. The van der Waals surface area contributed by atoms with Crippen molar-refractivity contribution in [3.8, 4) is 0 Å². The first kappa shape index (κ1) is 7.90. The predicted molar refractivity (Wildman–Crippen MR) is 52.8 cm³/mol. The Morgan fingerprint density at radius 1 is 1.00 bits per heavy atom. The van der Waals surface area contributed by atoms with Crippen molar-refractivity contribution in [3.63, 3.8) is 0 Å². The second-order valence-electron chi connectivity index (χ2n) is 2.54. The third-order valence-corrected chi connectivity index (χ3v) is 2.13. The molecule has 0 amide bonds. The molecule has 2 aromatic carbocycles. The van der Waals surface area contributed by atoms with Crippen LogP contribution in [0.1, 0.15) is 0 Å². The third kappa shape index (κ3) is 1.40. The Morgan fingerprint density at radius 3 is 2.67 bits per heavy atom. The molecule has 0 N–H and O–H groups in total. The van der Waals surface area contributed by atoms with Gasteiger partial charge in [0.15, 0.2) is 0 Å². The number of hydrogen-bond donors (Lipinski definition) is 0. The summed E-state index contributed by atoms with van der Waals surface area (Å²) in [6, 6.07) is 12.4. The molecule has 0 bridgehead atoms. The van der Waals surface area contributed by atoms with Gasteiger partial charge in [0.2, 0.25) is 0 Å². The summed E-state index contributed by atoms with van der Waals surface area (Å²) >= 11 is 11.6. The standard InChI is InChI=1S/C10H5Cl2/c11-9-3-1-7-5-10(12)4-2-8(7)6-9/h1-5H. The van der Waals surface area contributed by atoms with Gasteiger partial charge in [0.25, 0.3) is 0 Å². The Balaban J connectivity index is 2.79. The molecule has 0 aromatic heterocycles. The number of halogens is 2. The predicted octanol–water partition coefficient (Wildman–Crippen LogP) is 3.95. The molecular formula is C10H5Cl2. The van der Waals surface area contributed by atoms with E-state index < -0.39 is 0 Å². The van der Waals surface area contributed by atoms with Gasteiger partial charge < -0.3 is 0 Å². The Morgan fingerprint density at radius 2 is 1.83 bits per heavy atom. The van der Waals surface area contributed by atoms with Crippen LogP contribution in [-0.2, 0) is 0 Å². The zero-order valence-corrected chi connectivity index (χ0v) is 7.65. The summed E-state index contributed by atoms with van der Waals surface area (Å²) in [5.41, 5.74) is 0. The summed E-state index contributed by atoms with van der Waals surface area (Å²) in [5.74, 6) is 0. The Hall–Kier alpha value is -0.720. The van der Waals surface area contributed by atoms with Crippen LogP contribution < -0.4 is 0 Å². The molecule has 2 aromatic rings. The Kier molecular flexibility index (Phi) is 1.95. The minimum absolute atomic E-state index is 0.629. The van der Waals surface area contributed by atoms with Crippen molar-refractivity contribution in [1.29, 1.82) is 0 Å². The molecule has 0 fully saturated rings. The summed E-state index contributed by atoms with van der Waals surface area (Å²) in [6.45, 7) is 0. The summed E-state index contributed by atoms with van der Waals surface area (Å²) < 4.78 is 0. The molecular weight excluding hydrogens is 191 g/mol. The van der Waals surface area contributed by atoms with Gasteiger partial charge in [-0.2, -0.15) is 0 Å². The van der Waals surface area contributed by atoms with E-state index in [0.29, 0.717) is 5.02 Å². The van der Waals surface area contributed by atoms with Crippen LogP contribution in [-0.4, -0.2) is 0 Å². The quantitative estimate of drug-likeness (QED) is 0.598. The highest BCUT2D eigenvalue weighted by Gasteiger charge is 1.95. The van der Waals surface area contributed by atoms with Crippen LogP contribution in [0.15, 0.2) is 30.3 Å². The zero-order valence-electron chi connectivity index (χ0n) is 6.14. The second kappa shape index (κ2) is 2.96. The van der Waals surface area contributed by atoms with Gasteiger partial charge in [-0.05, 0) is 29.0 Å². The molecule has 0 nitrogen and oxygen atoms in total. The Bertz CT molecular complexity index is 380. The van der Waals surface area contributed by atoms with Crippen molar-refractivity contribution in [1.82, 2.24) is 0 Å². The van der Waals surface area contributed by atoms with Crippen LogP contribution in [0.2, 0.25) is 10.0 Å². The van der Waals surface area contributed by atoms with Gasteiger partial charge in [0.1, 0.15) is 0 Å². The SMILES string of the molecule is Clc1[c]c2ccc(Cl)cc2cc1. The van der Waals surface area contributed by atoms with Crippen LogP contribution in [0.5, 0.6) is 0 Å². The van der Waals surface area contributed by atoms with Crippen molar-refractivity contribution in [2.75, 3.05) is 0 Å². The first-order valence-electron chi connectivity index (χ1n) is 3.53. The summed E-state index contributed by atoms with van der Waals surface area (Å²) in [5, 5.41) is 3.42. The molecule has 0 spiro atoms. The lowest BCUT2D eigenvalue weighted by molar-refractivity contribution is 1.73. The van der Waals surface area contributed by atoms with Crippen molar-refractivity contribution in [2.24, 2.45) is 0 Å². The summed E-state index contributed by atoms with van der Waals surface area (Å²) in [7, 11) is 0. The number of fused-ring (bicyclic) bond motifs is 1. The molecule has 0 aliphatic heterocycles. The molecule has 2 rings (SSSR count). The molecule has 0 saturated heterocycles. The van der Waals surface area contributed by atoms with E-state index in [2.05, 4.69) is 6.07 Å². The first-order valence-corrected chi connectivity index (χ1v) is 4.28. The molecule has 12 heavy (non-hydrogen) atoms. The van der Waals surface area contributed by atoms with Gasteiger partial charge in [0.05, 0.1) is 0 Å². The third-order valence-electron chi connectivity index (χ3n) is 1.68. The molecule has 59 valence electrons. The minimum atomic E-state index is 0.629. The molecule has 0 saturated carbocycles. The van der Waals surface area contributed by atoms with Gasteiger partial charge in [-0.15, -0.1) is 0 Å². The average molecular weight is 196 g/mol. The molecule has 0 atom stereocenters. The topological polar surface area (TPSA) is 0 Å². The largest absolute Gasteiger partial charge is 0.0843 e. The van der Waals surface area contributed by atoms with E-state index in [9.17, 15) is 0 Å². The molecule has 0 heterocycles. The van der Waals surface area contributed by atoms with Crippen LogP contribution >= 0.6 is 23.2 Å². The van der Waals surface area contributed by atoms with Gasteiger partial charge >= 0.3 is 0 Å². The average Bonchev–Trinajstić information content (AvgIpc) is 2.05. The molecule has 2 heteroatoms. The highest BCUT2D eigenvalue weighted by atomic mass is 35.5. The first-order chi connectivity index (χ1) is 5.75. The van der Waals surface area contributed by atoms with Gasteiger partial charge in [-0.25, -0.2) is 0 Å². The number of rotatable bonds is 0. The Labute approximate surface area is 80.7 Å². The van der Waals surface area contributed by atoms with E-state index in [1.54, 1.807) is 6.07 Å². The smallest absolute Gasteiger partial charge is 0.0491 e. The lowest BCUT2D eigenvalue weighted by atomic mass is 10.1. The van der Waals surface area contributed by atoms with Gasteiger partial charge in [0, 0.05) is 16.1 Å². The monoisotopic (exact) mass is 195 g/mol. The van der Waals surface area contributed by atoms with E-state index in [-0.39, 0.29) is 0 Å². The van der Waals surface area contributed by atoms with E-state index in [1.807, 2.05) is 24.3 Å². The van der Waals surface area contributed by atoms with E-state index in [4.69, 9.17) is 23.2 Å². The molecule has 1 radical (unpaired) electrons. The lowest BCUT2D eigenvalue weighted by Gasteiger charge is -1.97. The summed E-state index contributed by atoms with van der Waals surface area (Å²) in [4.78, 5) is 0. The normalized spacial score (nSPS) is 10.5. The molecule has 0 aliphatic rings. The minimum Gasteiger partial charge on any atom is -0.0843 e. The van der Waals surface area contributed by atoms with Gasteiger partial charge in [-0.1, -0.05) is 35.3 Å². The molecule has 0 unspecified atom stereocenters. The maximum Gasteiger partial charge on any atom is 0.0491 e.